The maximum absolute atomic E-state index is 12.5. The Morgan fingerprint density at radius 1 is 1.38 bits per heavy atom. The lowest BCUT2D eigenvalue weighted by Gasteiger charge is -2.37. The van der Waals surface area contributed by atoms with E-state index in [1.807, 2.05) is 48.2 Å². The van der Waals surface area contributed by atoms with Crippen molar-refractivity contribution in [3.8, 4) is 0 Å². The number of rotatable bonds is 6. The van der Waals surface area contributed by atoms with Crippen molar-refractivity contribution in [3.05, 3.63) is 54.2 Å². The summed E-state index contributed by atoms with van der Waals surface area (Å²) in [5.41, 5.74) is 2.79. The van der Waals surface area contributed by atoms with E-state index in [-0.39, 0.29) is 24.0 Å². The van der Waals surface area contributed by atoms with Crippen LogP contribution >= 0.6 is 0 Å². The topological polar surface area (TPSA) is 84.5 Å². The van der Waals surface area contributed by atoms with Crippen LogP contribution in [0, 0.1) is 5.92 Å². The fourth-order valence-electron chi connectivity index (χ4n) is 3.57. The molecule has 3 aromatic rings. The van der Waals surface area contributed by atoms with E-state index in [4.69, 9.17) is 0 Å². The molecule has 1 aliphatic carbocycles. The molecule has 1 fully saturated rings. The highest BCUT2D eigenvalue weighted by molar-refractivity contribution is 5.76. The van der Waals surface area contributed by atoms with E-state index < -0.39 is 0 Å². The third-order valence-corrected chi connectivity index (χ3v) is 5.04. The molecule has 0 unspecified atom stereocenters. The van der Waals surface area contributed by atoms with Gasteiger partial charge in [0.15, 0.2) is 0 Å². The SMILES string of the molecule is Cn1cc([C@H](NC(=O)CCc2cn3ccccc3n2)C2CC(O)C2)cn1. The van der Waals surface area contributed by atoms with Gasteiger partial charge in [0.1, 0.15) is 5.65 Å². The van der Waals surface area contributed by atoms with E-state index in [0.29, 0.717) is 25.7 Å². The molecule has 0 spiro atoms. The van der Waals surface area contributed by atoms with Crippen molar-refractivity contribution in [1.29, 1.82) is 0 Å². The molecule has 136 valence electrons. The van der Waals surface area contributed by atoms with Crippen LogP contribution in [0.25, 0.3) is 5.65 Å². The number of nitrogens with zero attached hydrogens (tertiary/aromatic N) is 4. The van der Waals surface area contributed by atoms with Crippen molar-refractivity contribution in [2.45, 2.75) is 37.8 Å². The number of aryl methyl sites for hydroxylation is 2. The highest BCUT2D eigenvalue weighted by atomic mass is 16.3. The van der Waals surface area contributed by atoms with E-state index in [1.54, 1.807) is 10.9 Å². The first kappa shape index (κ1) is 16.8. The van der Waals surface area contributed by atoms with Crippen LogP contribution < -0.4 is 5.32 Å². The number of aromatic nitrogens is 4. The summed E-state index contributed by atoms with van der Waals surface area (Å²) in [6.45, 7) is 0. The first-order valence-electron chi connectivity index (χ1n) is 8.97. The van der Waals surface area contributed by atoms with Gasteiger partial charge in [-0.1, -0.05) is 6.07 Å². The minimum Gasteiger partial charge on any atom is -0.393 e. The molecular formula is C19H23N5O2. The first-order chi connectivity index (χ1) is 12.6. The van der Waals surface area contributed by atoms with Gasteiger partial charge in [-0.3, -0.25) is 9.48 Å². The van der Waals surface area contributed by atoms with Crippen molar-refractivity contribution < 1.29 is 9.90 Å². The normalized spacial score (nSPS) is 20.7. The Morgan fingerprint density at radius 2 is 2.23 bits per heavy atom. The molecule has 1 aliphatic rings. The molecule has 0 aliphatic heterocycles. The molecule has 2 N–H and O–H groups in total. The number of aliphatic hydroxyl groups excluding tert-OH is 1. The molecule has 26 heavy (non-hydrogen) atoms. The largest absolute Gasteiger partial charge is 0.393 e. The van der Waals surface area contributed by atoms with Gasteiger partial charge < -0.3 is 14.8 Å². The fraction of sp³-hybridized carbons (Fsp3) is 0.421. The number of imidazole rings is 1. The van der Waals surface area contributed by atoms with Crippen LogP contribution in [0.5, 0.6) is 0 Å². The van der Waals surface area contributed by atoms with Gasteiger partial charge in [0.2, 0.25) is 5.91 Å². The molecular weight excluding hydrogens is 330 g/mol. The van der Waals surface area contributed by atoms with Crippen molar-refractivity contribution in [2.24, 2.45) is 13.0 Å². The summed E-state index contributed by atoms with van der Waals surface area (Å²) in [5, 5.41) is 17.0. The number of amides is 1. The zero-order valence-electron chi connectivity index (χ0n) is 14.7. The first-order valence-corrected chi connectivity index (χ1v) is 8.97. The lowest BCUT2D eigenvalue weighted by Crippen LogP contribution is -2.41. The van der Waals surface area contributed by atoms with Crippen LogP contribution in [0.15, 0.2) is 43.0 Å². The molecule has 3 heterocycles. The third-order valence-electron chi connectivity index (χ3n) is 5.04. The van der Waals surface area contributed by atoms with Crippen LogP contribution in [-0.4, -0.2) is 36.3 Å². The summed E-state index contributed by atoms with van der Waals surface area (Å²) in [6.07, 6.45) is 9.79. The molecule has 0 radical (unpaired) electrons. The second-order valence-corrected chi connectivity index (χ2v) is 7.08. The van der Waals surface area contributed by atoms with Crippen molar-refractivity contribution in [3.63, 3.8) is 0 Å². The van der Waals surface area contributed by atoms with Gasteiger partial charge in [-0.15, -0.1) is 0 Å². The Morgan fingerprint density at radius 3 is 2.92 bits per heavy atom. The predicted molar refractivity (Wildman–Crippen MR) is 96.3 cm³/mol. The minimum atomic E-state index is -0.256. The number of hydrogen-bond donors (Lipinski definition) is 2. The van der Waals surface area contributed by atoms with Gasteiger partial charge in [0.25, 0.3) is 0 Å². The monoisotopic (exact) mass is 353 g/mol. The van der Waals surface area contributed by atoms with E-state index in [0.717, 1.165) is 16.9 Å². The number of pyridine rings is 1. The van der Waals surface area contributed by atoms with Gasteiger partial charge in [0, 0.05) is 37.6 Å². The summed E-state index contributed by atoms with van der Waals surface area (Å²) >= 11 is 0. The zero-order valence-corrected chi connectivity index (χ0v) is 14.7. The summed E-state index contributed by atoms with van der Waals surface area (Å²) in [4.78, 5) is 17.0. The number of hydrogen-bond acceptors (Lipinski definition) is 4. The average molecular weight is 353 g/mol. The second-order valence-electron chi connectivity index (χ2n) is 7.08. The van der Waals surface area contributed by atoms with Crippen LogP contribution in [-0.2, 0) is 18.3 Å². The lowest BCUT2D eigenvalue weighted by molar-refractivity contribution is -0.123. The Kier molecular flexibility index (Phi) is 4.46. The number of fused-ring (bicyclic) bond motifs is 1. The quantitative estimate of drug-likeness (QED) is 0.705. The summed E-state index contributed by atoms with van der Waals surface area (Å²) in [7, 11) is 1.86. The molecule has 0 bridgehead atoms. The van der Waals surface area contributed by atoms with Crippen molar-refractivity contribution in [2.75, 3.05) is 0 Å². The van der Waals surface area contributed by atoms with Crippen LogP contribution in [0.4, 0.5) is 0 Å². The van der Waals surface area contributed by atoms with E-state index in [9.17, 15) is 9.90 Å². The van der Waals surface area contributed by atoms with Crippen molar-refractivity contribution in [1.82, 2.24) is 24.5 Å². The summed E-state index contributed by atoms with van der Waals surface area (Å²) < 4.78 is 3.70. The summed E-state index contributed by atoms with van der Waals surface area (Å²) in [5.74, 6) is 0.255. The molecule has 4 rings (SSSR count). The van der Waals surface area contributed by atoms with Crippen LogP contribution in [0.1, 0.15) is 36.6 Å². The van der Waals surface area contributed by atoms with Crippen LogP contribution in [0.3, 0.4) is 0 Å². The molecule has 1 amide bonds. The number of carbonyl (C=O) groups excluding carboxylic acids is 1. The summed E-state index contributed by atoms with van der Waals surface area (Å²) in [6, 6.07) is 5.76. The van der Waals surface area contributed by atoms with Gasteiger partial charge in [-0.2, -0.15) is 5.10 Å². The highest BCUT2D eigenvalue weighted by Crippen LogP contribution is 2.38. The number of aliphatic hydroxyl groups is 1. The average Bonchev–Trinajstić information content (AvgIpc) is 3.21. The Hall–Kier alpha value is -2.67. The predicted octanol–water partition coefficient (Wildman–Crippen LogP) is 1.63. The Balaban J connectivity index is 1.39. The van der Waals surface area contributed by atoms with Gasteiger partial charge >= 0.3 is 0 Å². The zero-order chi connectivity index (χ0) is 18.1. The fourth-order valence-corrected chi connectivity index (χ4v) is 3.57. The number of carbonyl (C=O) groups is 1. The van der Waals surface area contributed by atoms with Gasteiger partial charge in [0.05, 0.1) is 24.0 Å². The Bertz CT molecular complexity index is 876. The van der Waals surface area contributed by atoms with Crippen LogP contribution in [0.2, 0.25) is 0 Å². The third kappa shape index (κ3) is 3.48. The minimum absolute atomic E-state index is 0.00250. The standard InChI is InChI=1S/C19H23N5O2/c1-23-11-14(10-20-23)19(13-8-16(25)9-13)22-18(26)6-5-15-12-24-7-3-2-4-17(24)21-15/h2-4,7,10-13,16,19,25H,5-6,8-9H2,1H3,(H,22,26)/t13?,16?,19-/m1/s1. The molecule has 0 aromatic carbocycles. The van der Waals surface area contributed by atoms with E-state index >= 15 is 0 Å². The molecule has 7 nitrogen and oxygen atoms in total. The molecule has 0 saturated heterocycles. The maximum Gasteiger partial charge on any atom is 0.220 e. The second kappa shape index (κ2) is 6.92. The van der Waals surface area contributed by atoms with Gasteiger partial charge in [-0.25, -0.2) is 4.98 Å². The van der Waals surface area contributed by atoms with Crippen molar-refractivity contribution >= 4 is 11.6 Å². The molecule has 7 heteroatoms. The number of nitrogens with one attached hydrogen (secondary N) is 1. The highest BCUT2D eigenvalue weighted by Gasteiger charge is 2.36. The maximum atomic E-state index is 12.5. The molecule has 1 saturated carbocycles. The molecule has 3 aromatic heterocycles. The smallest absolute Gasteiger partial charge is 0.220 e. The van der Waals surface area contributed by atoms with Gasteiger partial charge in [-0.05, 0) is 37.3 Å². The Labute approximate surface area is 151 Å². The van der Waals surface area contributed by atoms with E-state index in [2.05, 4.69) is 15.4 Å². The van der Waals surface area contributed by atoms with E-state index in [1.165, 1.54) is 0 Å². The molecule has 1 atom stereocenters. The lowest BCUT2D eigenvalue weighted by atomic mass is 9.75.